The molecule has 3 saturated heterocycles. The van der Waals surface area contributed by atoms with Crippen LogP contribution < -0.4 is 16.0 Å². The molecule has 39 heavy (non-hydrogen) atoms. The van der Waals surface area contributed by atoms with Crippen LogP contribution in [0.4, 0.5) is 18.9 Å². The smallest absolute Gasteiger partial charge is 0.255 e. The molecule has 1 saturated carbocycles. The van der Waals surface area contributed by atoms with Crippen LogP contribution in [0.2, 0.25) is 5.02 Å². The lowest BCUT2D eigenvalue weighted by atomic mass is 9.71. The van der Waals surface area contributed by atoms with Crippen LogP contribution in [0.25, 0.3) is 0 Å². The van der Waals surface area contributed by atoms with Gasteiger partial charge in [0.15, 0.2) is 0 Å². The van der Waals surface area contributed by atoms with Gasteiger partial charge in [0.1, 0.15) is 6.04 Å². The van der Waals surface area contributed by atoms with Gasteiger partial charge < -0.3 is 20.9 Å². The Morgan fingerprint density at radius 3 is 2.64 bits per heavy atom. The van der Waals surface area contributed by atoms with Crippen LogP contribution in [0.15, 0.2) is 35.5 Å². The summed E-state index contributed by atoms with van der Waals surface area (Å²) in [6.45, 7) is 0.0795. The molecule has 3 N–H and O–H groups in total. The van der Waals surface area contributed by atoms with E-state index in [4.69, 9.17) is 11.6 Å². The summed E-state index contributed by atoms with van der Waals surface area (Å²) in [7, 11) is -4.25. The minimum absolute atomic E-state index is 0.00446. The van der Waals surface area contributed by atoms with Gasteiger partial charge in [-0.2, -0.15) is 4.39 Å². The molecule has 5 rings (SSSR count). The van der Waals surface area contributed by atoms with Gasteiger partial charge in [-0.05, 0) is 50.0 Å². The normalized spacial score (nSPS) is 27.2. The Bertz CT molecular complexity index is 1280. The van der Waals surface area contributed by atoms with E-state index < -0.39 is 69.1 Å². The number of alkyl halides is 2. The van der Waals surface area contributed by atoms with E-state index in [0.29, 0.717) is 42.4 Å². The van der Waals surface area contributed by atoms with Crippen LogP contribution in [-0.4, -0.2) is 74.4 Å². The highest BCUT2D eigenvalue weighted by Crippen LogP contribution is 2.49. The summed E-state index contributed by atoms with van der Waals surface area (Å²) in [5, 5.41) is 6.88. The lowest BCUT2D eigenvalue weighted by Crippen LogP contribution is -2.69. The third-order valence-corrected chi connectivity index (χ3v) is 8.56. The molecule has 0 aromatic heterocycles. The van der Waals surface area contributed by atoms with Gasteiger partial charge in [0.05, 0.1) is 18.5 Å². The predicted molar refractivity (Wildman–Crippen MR) is 138 cm³/mol. The van der Waals surface area contributed by atoms with E-state index in [9.17, 15) is 36.0 Å². The fourth-order valence-electron chi connectivity index (χ4n) is 5.63. The molecule has 214 valence electrons. The van der Waals surface area contributed by atoms with Gasteiger partial charge in [-0.15, -0.1) is 0 Å². The number of carbonyl (C=O) groups excluding carboxylic acids is 3. The second-order valence-corrected chi connectivity index (χ2v) is 12.7. The number of nitrogens with zero attached hydrogens (tertiary/aromatic N) is 1. The standard InChI is InChI=1S/C25H30ClF3N4O5S/c1-39(37,38)20(27)11-17(9-14-7-8-30-23(14)35)32-24(36)22-19-6-5-18(12-25(19,28)29)33(22)21(34)13-31-16-4-2-3-15(26)10-16/h2-4,10-11,14,17-19,22,31H,5-9,12-13H2,1H3,(H,30,35)(H,32,36). The van der Waals surface area contributed by atoms with E-state index >= 15 is 0 Å². The lowest BCUT2D eigenvalue weighted by Gasteiger charge is -2.53. The number of amides is 3. The minimum atomic E-state index is -4.25. The first-order valence-electron chi connectivity index (χ1n) is 12.6. The topological polar surface area (TPSA) is 125 Å². The highest BCUT2D eigenvalue weighted by molar-refractivity contribution is 7.94. The molecule has 9 nitrogen and oxygen atoms in total. The van der Waals surface area contributed by atoms with E-state index in [2.05, 4.69) is 16.0 Å². The number of carbonyl (C=O) groups is 3. The molecule has 1 aromatic rings. The number of benzene rings is 1. The summed E-state index contributed by atoms with van der Waals surface area (Å²) in [5.41, 5.74) is 0.528. The number of hydrogen-bond acceptors (Lipinski definition) is 6. The Morgan fingerprint density at radius 1 is 1.28 bits per heavy atom. The van der Waals surface area contributed by atoms with E-state index in [0.717, 1.165) is 4.90 Å². The van der Waals surface area contributed by atoms with Gasteiger partial charge in [0, 0.05) is 41.9 Å². The SMILES string of the molecule is CS(=O)(=O)C(F)=CC(CC1CCNC1=O)NC(=O)C1C2CCC(CC2(F)F)N1C(=O)CNc1cccc(Cl)c1. The largest absolute Gasteiger partial charge is 0.376 e. The number of sulfone groups is 1. The molecule has 0 radical (unpaired) electrons. The Kier molecular flexibility index (Phi) is 8.50. The quantitative estimate of drug-likeness (QED) is 0.406. The van der Waals surface area contributed by atoms with Crippen LogP contribution in [0.5, 0.6) is 0 Å². The van der Waals surface area contributed by atoms with Crippen molar-refractivity contribution in [3.63, 3.8) is 0 Å². The zero-order chi connectivity index (χ0) is 28.5. The molecule has 3 heterocycles. The summed E-state index contributed by atoms with van der Waals surface area (Å²) >= 11 is 5.97. The zero-order valence-electron chi connectivity index (χ0n) is 21.1. The predicted octanol–water partition coefficient (Wildman–Crippen LogP) is 2.63. The van der Waals surface area contributed by atoms with Crippen molar-refractivity contribution < 1.29 is 36.0 Å². The zero-order valence-corrected chi connectivity index (χ0v) is 22.7. The maximum atomic E-state index is 15.0. The molecule has 2 bridgehead atoms. The number of hydrogen-bond donors (Lipinski definition) is 3. The molecule has 3 aliphatic heterocycles. The second-order valence-electron chi connectivity index (χ2n) is 10.3. The van der Waals surface area contributed by atoms with Crippen molar-refractivity contribution in [2.75, 3.05) is 24.7 Å². The number of anilines is 1. The van der Waals surface area contributed by atoms with Gasteiger partial charge in [-0.3, -0.25) is 14.4 Å². The number of nitrogens with one attached hydrogen (secondary N) is 3. The summed E-state index contributed by atoms with van der Waals surface area (Å²) in [6, 6.07) is 2.84. The third kappa shape index (κ3) is 6.68. The molecule has 4 aliphatic rings. The monoisotopic (exact) mass is 590 g/mol. The van der Waals surface area contributed by atoms with Crippen LogP contribution >= 0.6 is 11.6 Å². The van der Waals surface area contributed by atoms with Gasteiger partial charge in [-0.25, -0.2) is 17.2 Å². The lowest BCUT2D eigenvalue weighted by molar-refractivity contribution is -0.193. The molecule has 3 amide bonds. The van der Waals surface area contributed by atoms with Crippen molar-refractivity contribution in [2.45, 2.75) is 56.2 Å². The van der Waals surface area contributed by atoms with Crippen molar-refractivity contribution in [3.8, 4) is 0 Å². The van der Waals surface area contributed by atoms with Crippen molar-refractivity contribution in [1.29, 1.82) is 0 Å². The van der Waals surface area contributed by atoms with E-state index in [-0.39, 0.29) is 25.3 Å². The van der Waals surface area contributed by atoms with E-state index in [1.54, 1.807) is 24.3 Å². The number of rotatable bonds is 9. The maximum Gasteiger partial charge on any atom is 0.255 e. The third-order valence-electron chi connectivity index (χ3n) is 7.48. The van der Waals surface area contributed by atoms with Crippen LogP contribution in [0.1, 0.15) is 32.1 Å². The van der Waals surface area contributed by atoms with E-state index in [1.165, 1.54) is 0 Å². The van der Waals surface area contributed by atoms with Crippen molar-refractivity contribution in [3.05, 3.63) is 40.5 Å². The molecule has 4 fully saturated rings. The molecule has 1 aliphatic carbocycles. The summed E-state index contributed by atoms with van der Waals surface area (Å²) in [6.07, 6.45) is 1.27. The van der Waals surface area contributed by atoms with Gasteiger partial charge in [0.2, 0.25) is 32.7 Å². The van der Waals surface area contributed by atoms with Crippen molar-refractivity contribution in [2.24, 2.45) is 11.8 Å². The molecule has 5 atom stereocenters. The first kappa shape index (κ1) is 29.2. The van der Waals surface area contributed by atoms with Gasteiger partial charge >= 0.3 is 0 Å². The van der Waals surface area contributed by atoms with Crippen LogP contribution in [0, 0.1) is 11.8 Å². The average molecular weight is 591 g/mol. The fraction of sp³-hybridized carbons (Fsp3) is 0.560. The Hall–Kier alpha value is -2.80. The average Bonchev–Trinajstić information content (AvgIpc) is 3.25. The molecule has 0 spiro atoms. The highest BCUT2D eigenvalue weighted by Gasteiger charge is 2.60. The molecule has 5 unspecified atom stereocenters. The first-order valence-corrected chi connectivity index (χ1v) is 14.9. The molecular weight excluding hydrogens is 561 g/mol. The van der Waals surface area contributed by atoms with Gasteiger partial charge in [-0.1, -0.05) is 17.7 Å². The highest BCUT2D eigenvalue weighted by atomic mass is 35.5. The Balaban J connectivity index is 1.58. The Morgan fingerprint density at radius 2 is 2.03 bits per heavy atom. The van der Waals surface area contributed by atoms with E-state index in [1.807, 2.05) is 0 Å². The minimum Gasteiger partial charge on any atom is -0.376 e. The maximum absolute atomic E-state index is 15.0. The molecule has 1 aromatic carbocycles. The van der Waals surface area contributed by atoms with Crippen molar-refractivity contribution >= 4 is 44.8 Å². The fourth-order valence-corrected chi connectivity index (χ4v) is 6.23. The summed E-state index contributed by atoms with van der Waals surface area (Å²) < 4.78 is 67.7. The van der Waals surface area contributed by atoms with Crippen LogP contribution in [-0.2, 0) is 24.2 Å². The summed E-state index contributed by atoms with van der Waals surface area (Å²) in [4.78, 5) is 40.1. The molecule has 14 heteroatoms. The number of halogens is 4. The number of fused-ring (bicyclic) bond motifs is 3. The van der Waals surface area contributed by atoms with Crippen molar-refractivity contribution in [1.82, 2.24) is 15.5 Å². The molecular formula is C25H30ClF3N4O5S. The second kappa shape index (κ2) is 11.4. The van der Waals surface area contributed by atoms with Crippen LogP contribution in [0.3, 0.4) is 0 Å². The van der Waals surface area contributed by atoms with Gasteiger partial charge in [0.25, 0.3) is 5.92 Å². The summed E-state index contributed by atoms with van der Waals surface area (Å²) in [5.74, 6) is -7.20. The number of piperidine rings is 2. The first-order chi connectivity index (χ1) is 18.3. The Labute approximate surface area is 229 Å².